The lowest BCUT2D eigenvalue weighted by atomic mass is 9.99. The van der Waals surface area contributed by atoms with Crippen LogP contribution >= 0.6 is 22.9 Å². The van der Waals surface area contributed by atoms with Crippen molar-refractivity contribution in [2.75, 3.05) is 0 Å². The van der Waals surface area contributed by atoms with Crippen molar-refractivity contribution in [1.29, 1.82) is 0 Å². The number of carbonyl (C=O) groups is 1. The number of benzene rings is 1. The molecule has 1 N–H and O–H groups in total. The molecule has 1 aromatic carbocycles. The maximum absolute atomic E-state index is 12.9. The number of hydrogen-bond donors (Lipinski definition) is 1. The van der Waals surface area contributed by atoms with E-state index in [9.17, 15) is 4.79 Å². The first-order valence-electron chi connectivity index (χ1n) is 10.4. The van der Waals surface area contributed by atoms with Crippen LogP contribution in [0.5, 0.6) is 0 Å². The van der Waals surface area contributed by atoms with Crippen LogP contribution in [0, 0.1) is 20.8 Å². The summed E-state index contributed by atoms with van der Waals surface area (Å²) in [5.41, 5.74) is 4.04. The van der Waals surface area contributed by atoms with E-state index in [0.717, 1.165) is 27.7 Å². The summed E-state index contributed by atoms with van der Waals surface area (Å²) in [6.45, 7) is 6.16. The van der Waals surface area contributed by atoms with Crippen molar-refractivity contribution in [2.45, 2.75) is 39.3 Å². The van der Waals surface area contributed by atoms with Crippen LogP contribution in [-0.2, 0) is 4.79 Å². The van der Waals surface area contributed by atoms with E-state index in [1.165, 1.54) is 10.4 Å². The maximum atomic E-state index is 12.9. The third kappa shape index (κ3) is 3.61. The molecule has 0 fully saturated rings. The van der Waals surface area contributed by atoms with E-state index >= 15 is 0 Å². The zero-order chi connectivity index (χ0) is 22.4. The summed E-state index contributed by atoms with van der Waals surface area (Å²) in [6, 6.07) is 7.13. The minimum atomic E-state index is -0.462. The quantitative estimate of drug-likeness (QED) is 0.604. The molecule has 1 aliphatic heterocycles. The molecule has 0 bridgehead atoms. The van der Waals surface area contributed by atoms with Crippen molar-refractivity contribution in [3.63, 3.8) is 0 Å². The van der Waals surface area contributed by atoms with Crippen LogP contribution in [0.1, 0.15) is 45.7 Å². The number of nitrogens with one attached hydrogen (secondary N) is 1. The summed E-state index contributed by atoms with van der Waals surface area (Å²) < 4.78 is 2.06. The van der Waals surface area contributed by atoms with Gasteiger partial charge in [0.2, 0.25) is 5.91 Å². The van der Waals surface area contributed by atoms with Crippen molar-refractivity contribution in [3.05, 3.63) is 86.8 Å². The van der Waals surface area contributed by atoms with Crippen molar-refractivity contribution >= 4 is 34.6 Å². The molecule has 2 aliphatic rings. The highest BCUT2D eigenvalue weighted by Crippen LogP contribution is 2.39. The van der Waals surface area contributed by atoms with Gasteiger partial charge in [0.25, 0.3) is 0 Å². The SMILES string of the molecule is Cc1sc2c(c1C)C(c1ccc(Cl)cc1)=N[C@@H](CC(=O)NC1C=CC=C1)c1nnc(C)n1-2. The molecular formula is C24H22ClN5OS. The molecule has 0 radical (unpaired) electrons. The molecule has 162 valence electrons. The second-order valence-corrected chi connectivity index (χ2v) is 9.61. The third-order valence-corrected chi connectivity index (χ3v) is 7.26. The summed E-state index contributed by atoms with van der Waals surface area (Å²) >= 11 is 7.85. The Hall–Kier alpha value is -3.03. The van der Waals surface area contributed by atoms with Crippen molar-refractivity contribution in [1.82, 2.24) is 20.1 Å². The van der Waals surface area contributed by atoms with E-state index in [4.69, 9.17) is 16.6 Å². The van der Waals surface area contributed by atoms with Crippen LogP contribution in [0.15, 0.2) is 53.6 Å². The molecule has 2 aromatic heterocycles. The second-order valence-electron chi connectivity index (χ2n) is 7.97. The Labute approximate surface area is 195 Å². The smallest absolute Gasteiger partial charge is 0.223 e. The van der Waals surface area contributed by atoms with Crippen molar-refractivity contribution in [3.8, 4) is 5.00 Å². The molecule has 0 spiro atoms. The van der Waals surface area contributed by atoms with Gasteiger partial charge in [-0.2, -0.15) is 0 Å². The predicted octanol–water partition coefficient (Wildman–Crippen LogP) is 4.80. The number of carbonyl (C=O) groups excluding carboxylic acids is 1. The fraction of sp³-hybridized carbons (Fsp3) is 0.250. The summed E-state index contributed by atoms with van der Waals surface area (Å²) in [5.74, 6) is 1.38. The lowest BCUT2D eigenvalue weighted by Gasteiger charge is -2.14. The third-order valence-electron chi connectivity index (χ3n) is 5.81. The Morgan fingerprint density at radius 2 is 1.84 bits per heavy atom. The van der Waals surface area contributed by atoms with E-state index in [2.05, 4.69) is 33.9 Å². The van der Waals surface area contributed by atoms with E-state index in [1.54, 1.807) is 11.3 Å². The lowest BCUT2D eigenvalue weighted by molar-refractivity contribution is -0.121. The molecule has 0 saturated carbocycles. The molecule has 0 saturated heterocycles. The average molecular weight is 464 g/mol. The van der Waals surface area contributed by atoms with Crippen LogP contribution in [-0.4, -0.2) is 32.4 Å². The number of rotatable bonds is 4. The first kappa shape index (κ1) is 20.8. The number of aromatic nitrogens is 3. The first-order chi connectivity index (χ1) is 15.4. The number of hydrogen-bond acceptors (Lipinski definition) is 5. The standard InChI is InChI=1S/C24H22ClN5OS/c1-13-14(2)32-24-21(13)22(16-8-10-17(25)11-9-16)27-19(23-29-28-15(3)30(23)24)12-20(31)26-18-6-4-5-7-18/h4-11,18-19H,12H2,1-3H3,(H,26,31)/t19-/m0/s1. The fourth-order valence-electron chi connectivity index (χ4n) is 4.08. The number of halogens is 1. The number of aliphatic imine (C=N–C) groups is 1. The predicted molar refractivity (Wildman–Crippen MR) is 128 cm³/mol. The highest BCUT2D eigenvalue weighted by molar-refractivity contribution is 7.15. The Morgan fingerprint density at radius 3 is 2.56 bits per heavy atom. The number of amides is 1. The Morgan fingerprint density at radius 1 is 1.12 bits per heavy atom. The Bertz CT molecular complexity index is 1290. The van der Waals surface area contributed by atoms with Gasteiger partial charge in [-0.3, -0.25) is 14.4 Å². The average Bonchev–Trinajstić information content (AvgIpc) is 3.45. The normalized spacial score (nSPS) is 17.1. The highest BCUT2D eigenvalue weighted by atomic mass is 35.5. The van der Waals surface area contributed by atoms with Gasteiger partial charge in [-0.1, -0.05) is 48.0 Å². The van der Waals surface area contributed by atoms with Gasteiger partial charge >= 0.3 is 0 Å². The van der Waals surface area contributed by atoms with E-state index in [1.807, 2.05) is 55.5 Å². The largest absolute Gasteiger partial charge is 0.346 e. The summed E-state index contributed by atoms with van der Waals surface area (Å²) in [6.07, 6.45) is 7.93. The lowest BCUT2D eigenvalue weighted by Crippen LogP contribution is -2.32. The van der Waals surface area contributed by atoms with Gasteiger partial charge in [0.15, 0.2) is 5.82 Å². The molecule has 3 aromatic rings. The van der Waals surface area contributed by atoms with Crippen LogP contribution in [0.3, 0.4) is 0 Å². The summed E-state index contributed by atoms with van der Waals surface area (Å²) in [4.78, 5) is 19.2. The van der Waals surface area contributed by atoms with E-state index < -0.39 is 6.04 Å². The zero-order valence-corrected chi connectivity index (χ0v) is 19.5. The van der Waals surface area contributed by atoms with E-state index in [-0.39, 0.29) is 18.4 Å². The summed E-state index contributed by atoms with van der Waals surface area (Å²) in [7, 11) is 0. The van der Waals surface area contributed by atoms with Gasteiger partial charge in [0, 0.05) is 21.0 Å². The van der Waals surface area contributed by atoms with Gasteiger partial charge < -0.3 is 5.32 Å². The summed E-state index contributed by atoms with van der Waals surface area (Å²) in [5, 5.41) is 13.5. The number of thiophene rings is 1. The molecule has 1 aliphatic carbocycles. The van der Waals surface area contributed by atoms with E-state index in [0.29, 0.717) is 10.8 Å². The highest BCUT2D eigenvalue weighted by Gasteiger charge is 2.32. The molecule has 1 atom stereocenters. The minimum absolute atomic E-state index is 0.0826. The van der Waals surface area contributed by atoms with Gasteiger partial charge in [-0.15, -0.1) is 21.5 Å². The monoisotopic (exact) mass is 463 g/mol. The molecule has 0 unspecified atom stereocenters. The first-order valence-corrected chi connectivity index (χ1v) is 11.6. The Kier molecular flexibility index (Phi) is 5.31. The second kappa shape index (κ2) is 8.15. The maximum Gasteiger partial charge on any atom is 0.223 e. The molecule has 6 nitrogen and oxygen atoms in total. The van der Waals surface area contributed by atoms with Gasteiger partial charge in [-0.25, -0.2) is 0 Å². The van der Waals surface area contributed by atoms with Crippen LogP contribution in [0.25, 0.3) is 5.00 Å². The minimum Gasteiger partial charge on any atom is -0.346 e. The van der Waals surface area contributed by atoms with Gasteiger partial charge in [-0.05, 0) is 38.5 Å². The number of aryl methyl sites for hydroxylation is 2. The van der Waals surface area contributed by atoms with Crippen LogP contribution in [0.4, 0.5) is 0 Å². The molecule has 1 amide bonds. The topological polar surface area (TPSA) is 72.2 Å². The fourth-order valence-corrected chi connectivity index (χ4v) is 5.42. The van der Waals surface area contributed by atoms with Crippen molar-refractivity contribution < 1.29 is 4.79 Å². The molecular weight excluding hydrogens is 442 g/mol. The molecule has 32 heavy (non-hydrogen) atoms. The van der Waals surface area contributed by atoms with Crippen LogP contribution in [0.2, 0.25) is 5.02 Å². The van der Waals surface area contributed by atoms with Crippen LogP contribution < -0.4 is 5.32 Å². The Balaban J connectivity index is 1.64. The van der Waals surface area contributed by atoms with Gasteiger partial charge in [0.1, 0.15) is 16.9 Å². The molecule has 5 rings (SSSR count). The molecule has 8 heteroatoms. The number of nitrogens with zero attached hydrogens (tertiary/aromatic N) is 4. The molecule has 3 heterocycles. The van der Waals surface area contributed by atoms with Gasteiger partial charge in [0.05, 0.1) is 18.2 Å². The zero-order valence-electron chi connectivity index (χ0n) is 18.0. The van der Waals surface area contributed by atoms with Crippen molar-refractivity contribution in [2.24, 2.45) is 4.99 Å². The number of fused-ring (bicyclic) bond motifs is 3. The number of allylic oxidation sites excluding steroid dienone is 2.